The van der Waals surface area contributed by atoms with E-state index < -0.39 is 47.3 Å². The van der Waals surface area contributed by atoms with Crippen LogP contribution >= 0.6 is 81.2 Å². The number of nitrogens with one attached hydrogen (secondary N) is 4. The lowest BCUT2D eigenvalue weighted by atomic mass is 10.1. The molecule has 4 N–H and O–H groups in total. The number of nitrogens with zero attached hydrogens (tertiary/aromatic N) is 4. The molecule has 0 aromatic heterocycles. The molecule has 4 amide bonds. The zero-order valence-corrected chi connectivity index (χ0v) is 37.9. The topological polar surface area (TPSA) is 200 Å². The molecule has 0 saturated carbocycles. The Morgan fingerprint density at radius 2 is 0.968 bits per heavy atom. The number of benzene rings is 5. The molecule has 324 valence electrons. The molecular weight excluding hydrogens is 961 g/mol. The van der Waals surface area contributed by atoms with E-state index in [9.17, 15) is 28.8 Å². The monoisotopic (exact) mass is 988 g/mol. The van der Waals surface area contributed by atoms with Gasteiger partial charge >= 0.3 is 0 Å². The number of rotatable bonds is 16. The van der Waals surface area contributed by atoms with Crippen LogP contribution in [-0.4, -0.2) is 53.2 Å². The summed E-state index contributed by atoms with van der Waals surface area (Å²) in [6, 6.07) is 19.2. The van der Waals surface area contributed by atoms with Crippen molar-refractivity contribution in [2.24, 2.45) is 20.5 Å². The molecule has 21 heteroatoms. The number of hydrogen-bond acceptors (Lipinski definition) is 10. The van der Waals surface area contributed by atoms with E-state index in [4.69, 9.17) is 81.2 Å². The van der Waals surface area contributed by atoms with Crippen LogP contribution in [0.15, 0.2) is 111 Å². The molecule has 0 aliphatic carbocycles. The highest BCUT2D eigenvalue weighted by molar-refractivity contribution is 6.45. The van der Waals surface area contributed by atoms with E-state index in [1.165, 1.54) is 54.6 Å². The summed E-state index contributed by atoms with van der Waals surface area (Å²) in [5.41, 5.74) is 1.36. The van der Waals surface area contributed by atoms with Crippen LogP contribution < -0.4 is 21.3 Å². The first kappa shape index (κ1) is 48.6. The van der Waals surface area contributed by atoms with Gasteiger partial charge in [0.05, 0.1) is 52.6 Å². The van der Waals surface area contributed by atoms with Gasteiger partial charge in [-0.05, 0) is 92.6 Å². The average Bonchev–Trinajstić information content (AvgIpc) is 3.23. The highest BCUT2D eigenvalue weighted by Crippen LogP contribution is 2.35. The van der Waals surface area contributed by atoms with Crippen molar-refractivity contribution in [1.29, 1.82) is 0 Å². The molecule has 0 aliphatic heterocycles. The van der Waals surface area contributed by atoms with Crippen molar-refractivity contribution in [1.82, 2.24) is 0 Å². The lowest BCUT2D eigenvalue weighted by Gasteiger charge is -2.16. The smallest absolute Gasteiger partial charge is 0.258 e. The van der Waals surface area contributed by atoms with Crippen LogP contribution in [0.2, 0.25) is 30.1 Å². The van der Waals surface area contributed by atoms with Crippen LogP contribution in [0, 0.1) is 0 Å². The third-order valence-electron chi connectivity index (χ3n) is 8.67. The third-order valence-corrected chi connectivity index (χ3v) is 11.3. The van der Waals surface area contributed by atoms with Crippen molar-refractivity contribution in [2.75, 3.05) is 27.1 Å². The second-order valence-corrected chi connectivity index (χ2v) is 15.8. The number of amides is 4. The van der Waals surface area contributed by atoms with Crippen LogP contribution in [0.4, 0.5) is 34.1 Å². The van der Waals surface area contributed by atoms with Gasteiger partial charge in [-0.15, -0.1) is 11.6 Å². The molecular formula is C42H31Cl7N8O6. The number of Topliss-reactive ketones (excluding diaryl/α,β-unsaturated/α-hetero) is 2. The summed E-state index contributed by atoms with van der Waals surface area (Å²) in [5.74, 6) is -4.21. The maximum Gasteiger partial charge on any atom is 0.258 e. The molecule has 0 bridgehead atoms. The van der Waals surface area contributed by atoms with Gasteiger partial charge in [0.2, 0.25) is 12.1 Å². The first-order valence-electron chi connectivity index (χ1n) is 18.2. The predicted octanol–water partition coefficient (Wildman–Crippen LogP) is 12.3. The minimum Gasteiger partial charge on any atom is -0.324 e. The van der Waals surface area contributed by atoms with E-state index in [0.29, 0.717) is 5.56 Å². The molecule has 5 aromatic carbocycles. The van der Waals surface area contributed by atoms with E-state index in [2.05, 4.69) is 41.7 Å². The molecule has 63 heavy (non-hydrogen) atoms. The number of hydrogen-bond donors (Lipinski definition) is 4. The van der Waals surface area contributed by atoms with Gasteiger partial charge in [0.15, 0.2) is 11.6 Å². The Hall–Kier alpha value is -5.45. The number of halogens is 7. The Labute approximate surface area is 394 Å². The summed E-state index contributed by atoms with van der Waals surface area (Å²) in [6.45, 7) is 2.29. The highest BCUT2D eigenvalue weighted by atomic mass is 35.5. The lowest BCUT2D eigenvalue weighted by molar-refractivity contribution is -0.127. The summed E-state index contributed by atoms with van der Waals surface area (Å²) in [6.07, 6.45) is 0.194. The summed E-state index contributed by atoms with van der Waals surface area (Å²) >= 11 is 43.6. The van der Waals surface area contributed by atoms with E-state index >= 15 is 0 Å². The molecule has 0 saturated heterocycles. The Morgan fingerprint density at radius 1 is 0.524 bits per heavy atom. The predicted molar refractivity (Wildman–Crippen MR) is 248 cm³/mol. The Kier molecular flexibility index (Phi) is 17.2. The van der Waals surface area contributed by atoms with Gasteiger partial charge in [-0.3, -0.25) is 28.8 Å². The number of ketones is 2. The standard InChI is InChI=1S/C42H31Cl7N8O6/c1-20(58)37(56-54-31-13-3-7-24(33(31)46)39(60)52-29-11-5-9-26(44)35(29)48)41(62)50-23-15-16-28(22(19-23)17-18-43)51-42(63)38(21(2)59)57-55-32-14-4-8-25(34(32)47)40(61)53-30-12-6-10-27(45)36(30)49/h3-16,19,37-38H,17-18H2,1-2H3,(H,50,62)(H,51,63)(H,52,60)(H,53,61). The van der Waals surface area contributed by atoms with E-state index in [1.54, 1.807) is 36.4 Å². The molecule has 2 unspecified atom stereocenters. The first-order valence-corrected chi connectivity index (χ1v) is 21.0. The number of azo groups is 2. The molecule has 14 nitrogen and oxygen atoms in total. The minimum atomic E-state index is -1.64. The maximum atomic E-state index is 13.4. The maximum absolute atomic E-state index is 13.4. The van der Waals surface area contributed by atoms with Crippen LogP contribution in [0.5, 0.6) is 0 Å². The van der Waals surface area contributed by atoms with E-state index in [1.807, 2.05) is 0 Å². The van der Waals surface area contributed by atoms with Crippen molar-refractivity contribution in [3.8, 4) is 0 Å². The fourth-order valence-electron chi connectivity index (χ4n) is 5.52. The largest absolute Gasteiger partial charge is 0.324 e. The first-order chi connectivity index (χ1) is 30.0. The second kappa shape index (κ2) is 22.3. The molecule has 0 radical (unpaired) electrons. The number of carbonyl (C=O) groups is 6. The van der Waals surface area contributed by atoms with Crippen LogP contribution in [0.1, 0.15) is 40.1 Å². The SMILES string of the molecule is CC(=O)C(N=Nc1cccc(C(=O)Nc2cccc(Cl)c2Cl)c1Cl)C(=O)Nc1ccc(NC(=O)C(N=Nc2cccc(C(=O)Nc3cccc(Cl)c3Cl)c2Cl)C(C)=O)c(CCCl)c1. The van der Waals surface area contributed by atoms with Gasteiger partial charge in [0, 0.05) is 17.3 Å². The van der Waals surface area contributed by atoms with Crippen molar-refractivity contribution in [3.63, 3.8) is 0 Å². The average molecular weight is 992 g/mol. The van der Waals surface area contributed by atoms with Crippen LogP contribution in [0.25, 0.3) is 0 Å². The van der Waals surface area contributed by atoms with Gasteiger partial charge in [-0.1, -0.05) is 93.9 Å². The minimum absolute atomic E-state index is 0.00133. The third kappa shape index (κ3) is 12.4. The number of carbonyl (C=O) groups excluding carboxylic acids is 6. The van der Waals surface area contributed by atoms with Gasteiger partial charge in [0.25, 0.3) is 23.6 Å². The highest BCUT2D eigenvalue weighted by Gasteiger charge is 2.27. The van der Waals surface area contributed by atoms with E-state index in [0.717, 1.165) is 13.8 Å². The van der Waals surface area contributed by atoms with Crippen molar-refractivity contribution < 1.29 is 28.8 Å². The van der Waals surface area contributed by atoms with Crippen molar-refractivity contribution in [2.45, 2.75) is 32.4 Å². The number of anilines is 4. The molecule has 5 aromatic rings. The van der Waals surface area contributed by atoms with Crippen LogP contribution in [0.3, 0.4) is 0 Å². The van der Waals surface area contributed by atoms with Gasteiger partial charge in [-0.25, -0.2) is 0 Å². The van der Waals surface area contributed by atoms with E-state index in [-0.39, 0.29) is 87.7 Å². The van der Waals surface area contributed by atoms with Gasteiger partial charge in [0.1, 0.15) is 11.4 Å². The Balaban J connectivity index is 1.28. The molecule has 0 spiro atoms. The number of alkyl halides is 1. The normalized spacial score (nSPS) is 12.1. The van der Waals surface area contributed by atoms with Crippen LogP contribution in [-0.2, 0) is 25.6 Å². The zero-order valence-electron chi connectivity index (χ0n) is 32.6. The summed E-state index contributed by atoms with van der Waals surface area (Å²) < 4.78 is 0. The van der Waals surface area contributed by atoms with Gasteiger partial charge in [-0.2, -0.15) is 20.5 Å². The van der Waals surface area contributed by atoms with Crippen molar-refractivity contribution >= 4 is 151 Å². The number of aryl methyl sites for hydroxylation is 1. The fraction of sp³-hybridized carbons (Fsp3) is 0.143. The quantitative estimate of drug-likeness (QED) is 0.0430. The molecule has 0 aliphatic rings. The summed E-state index contributed by atoms with van der Waals surface area (Å²) in [5, 5.41) is 26.9. The summed E-state index contributed by atoms with van der Waals surface area (Å²) in [7, 11) is 0. The fourth-order valence-corrected chi connectivity index (χ4v) is 6.91. The molecule has 2 atom stereocenters. The zero-order chi connectivity index (χ0) is 46.0. The second-order valence-electron chi connectivity index (χ2n) is 13.1. The van der Waals surface area contributed by atoms with Gasteiger partial charge < -0.3 is 21.3 Å². The Morgan fingerprint density at radius 3 is 1.41 bits per heavy atom. The molecule has 0 fully saturated rings. The van der Waals surface area contributed by atoms with Crippen molar-refractivity contribution in [3.05, 3.63) is 138 Å². The summed E-state index contributed by atoms with van der Waals surface area (Å²) in [4.78, 5) is 78.2. The Bertz CT molecular complexity index is 2700. The lowest BCUT2D eigenvalue weighted by Crippen LogP contribution is -2.32. The molecule has 5 rings (SSSR count). The molecule has 0 heterocycles.